The van der Waals surface area contributed by atoms with Gasteiger partial charge in [0.25, 0.3) is 0 Å². The highest BCUT2D eigenvalue weighted by Gasteiger charge is 2.14. The topological polar surface area (TPSA) is 31.0 Å². The van der Waals surface area contributed by atoms with Crippen LogP contribution >= 0.6 is 15.9 Å². The van der Waals surface area contributed by atoms with Crippen LogP contribution in [0.3, 0.4) is 0 Å². The molecule has 0 aliphatic heterocycles. The molecule has 0 fully saturated rings. The number of halogens is 1. The highest BCUT2D eigenvalue weighted by Crippen LogP contribution is 2.26. The summed E-state index contributed by atoms with van der Waals surface area (Å²) in [7, 11) is 0. The van der Waals surface area contributed by atoms with Crippen molar-refractivity contribution in [2.75, 3.05) is 0 Å². The minimum absolute atomic E-state index is 0.754. The van der Waals surface area contributed by atoms with Gasteiger partial charge in [-0.3, -0.25) is 0 Å². The van der Waals surface area contributed by atoms with E-state index < -0.39 is 0 Å². The molecule has 2 aromatic heterocycles. The summed E-state index contributed by atoms with van der Waals surface area (Å²) in [6, 6.07) is 20.3. The van der Waals surface area contributed by atoms with Crippen molar-refractivity contribution in [1.82, 2.24) is 9.55 Å². The lowest BCUT2D eigenvalue weighted by Crippen LogP contribution is -2.01. The first-order chi connectivity index (χ1) is 10.8. The van der Waals surface area contributed by atoms with Gasteiger partial charge < -0.3 is 8.98 Å². The third-order valence-electron chi connectivity index (χ3n) is 3.65. The van der Waals surface area contributed by atoms with E-state index in [0.717, 1.165) is 33.6 Å². The van der Waals surface area contributed by atoms with Gasteiger partial charge in [-0.1, -0.05) is 40.2 Å². The fourth-order valence-corrected chi connectivity index (χ4v) is 2.87. The monoisotopic (exact) mass is 352 g/mol. The lowest BCUT2D eigenvalue weighted by atomic mass is 10.2. The van der Waals surface area contributed by atoms with Gasteiger partial charge in [-0.15, -0.1) is 0 Å². The largest absolute Gasteiger partial charge is 0.461 e. The van der Waals surface area contributed by atoms with Crippen LogP contribution in [0.2, 0.25) is 0 Å². The van der Waals surface area contributed by atoms with Crippen molar-refractivity contribution >= 4 is 27.0 Å². The zero-order valence-corrected chi connectivity index (χ0v) is 13.3. The van der Waals surface area contributed by atoms with Crippen LogP contribution in [0.4, 0.5) is 0 Å². The molecular weight excluding hydrogens is 340 g/mol. The Balaban J connectivity index is 1.87. The number of imidazole rings is 1. The maximum atomic E-state index is 5.56. The zero-order chi connectivity index (χ0) is 14.9. The van der Waals surface area contributed by atoms with E-state index in [9.17, 15) is 0 Å². The smallest absolute Gasteiger partial charge is 0.177 e. The van der Waals surface area contributed by atoms with Crippen LogP contribution in [0.25, 0.3) is 22.6 Å². The van der Waals surface area contributed by atoms with Crippen molar-refractivity contribution in [3.63, 3.8) is 0 Å². The van der Waals surface area contributed by atoms with Crippen molar-refractivity contribution in [2.24, 2.45) is 0 Å². The number of para-hydroxylation sites is 2. The van der Waals surface area contributed by atoms with E-state index in [2.05, 4.69) is 50.8 Å². The summed E-state index contributed by atoms with van der Waals surface area (Å²) in [4.78, 5) is 4.73. The first-order valence-electron chi connectivity index (χ1n) is 7.05. The fraction of sp³-hybridized carbons (Fsp3) is 0.0556. The molecule has 0 atom stereocenters. The molecule has 0 saturated heterocycles. The Hall–Kier alpha value is -2.33. The third-order valence-corrected chi connectivity index (χ3v) is 4.18. The van der Waals surface area contributed by atoms with Crippen molar-refractivity contribution in [3.05, 3.63) is 77.0 Å². The quantitative estimate of drug-likeness (QED) is 0.513. The summed E-state index contributed by atoms with van der Waals surface area (Å²) >= 11 is 3.47. The number of fused-ring (bicyclic) bond motifs is 1. The minimum Gasteiger partial charge on any atom is -0.461 e. The van der Waals surface area contributed by atoms with Crippen LogP contribution in [0.5, 0.6) is 0 Å². The molecule has 108 valence electrons. The van der Waals surface area contributed by atoms with E-state index in [1.807, 2.05) is 30.3 Å². The van der Waals surface area contributed by atoms with Gasteiger partial charge in [0.15, 0.2) is 11.6 Å². The van der Waals surface area contributed by atoms with Crippen LogP contribution in [-0.4, -0.2) is 9.55 Å². The first-order valence-corrected chi connectivity index (χ1v) is 7.84. The predicted octanol–water partition coefficient (Wildman–Crippen LogP) is 5.11. The fourth-order valence-electron chi connectivity index (χ4n) is 2.60. The average Bonchev–Trinajstić information content (AvgIpc) is 3.18. The summed E-state index contributed by atoms with van der Waals surface area (Å²) in [5.74, 6) is 1.64. The van der Waals surface area contributed by atoms with Gasteiger partial charge in [-0.05, 0) is 42.0 Å². The highest BCUT2D eigenvalue weighted by atomic mass is 79.9. The zero-order valence-electron chi connectivity index (χ0n) is 11.7. The average molecular weight is 353 g/mol. The number of hydrogen-bond donors (Lipinski definition) is 0. The molecule has 0 N–H and O–H groups in total. The molecule has 0 radical (unpaired) electrons. The van der Waals surface area contributed by atoms with Gasteiger partial charge in [-0.2, -0.15) is 0 Å². The van der Waals surface area contributed by atoms with Gasteiger partial charge in [0.05, 0.1) is 17.3 Å². The highest BCUT2D eigenvalue weighted by molar-refractivity contribution is 9.10. The second-order valence-corrected chi connectivity index (χ2v) is 6.03. The van der Waals surface area contributed by atoms with Crippen molar-refractivity contribution in [2.45, 2.75) is 6.54 Å². The van der Waals surface area contributed by atoms with Crippen LogP contribution in [0, 0.1) is 0 Å². The normalized spacial score (nSPS) is 11.1. The Kier molecular flexibility index (Phi) is 3.31. The predicted molar refractivity (Wildman–Crippen MR) is 90.7 cm³/mol. The summed E-state index contributed by atoms with van der Waals surface area (Å²) < 4.78 is 8.83. The Labute approximate surface area is 136 Å². The van der Waals surface area contributed by atoms with E-state index in [1.54, 1.807) is 6.26 Å². The third kappa shape index (κ3) is 2.35. The molecule has 0 saturated carbocycles. The molecule has 0 spiro atoms. The summed E-state index contributed by atoms with van der Waals surface area (Å²) in [5, 5.41) is 0. The van der Waals surface area contributed by atoms with Crippen LogP contribution < -0.4 is 0 Å². The molecule has 0 aliphatic rings. The van der Waals surface area contributed by atoms with Crippen molar-refractivity contribution < 1.29 is 4.42 Å². The molecule has 22 heavy (non-hydrogen) atoms. The van der Waals surface area contributed by atoms with Crippen LogP contribution in [0.1, 0.15) is 5.56 Å². The second-order valence-electron chi connectivity index (χ2n) is 5.11. The molecule has 3 nitrogen and oxygen atoms in total. The molecule has 4 aromatic rings. The summed E-state index contributed by atoms with van der Waals surface area (Å²) in [6.07, 6.45) is 1.68. The van der Waals surface area contributed by atoms with Crippen LogP contribution in [-0.2, 0) is 6.54 Å². The summed E-state index contributed by atoms with van der Waals surface area (Å²) in [5.41, 5.74) is 3.31. The SMILES string of the molecule is Brc1ccc(Cn2c(-c3ccco3)nc3ccccc32)cc1. The van der Waals surface area contributed by atoms with E-state index in [1.165, 1.54) is 5.56 Å². The number of benzene rings is 2. The second kappa shape index (κ2) is 5.46. The Morgan fingerprint density at radius 3 is 2.55 bits per heavy atom. The van der Waals surface area contributed by atoms with Crippen LogP contribution in [0.15, 0.2) is 75.8 Å². The molecule has 2 aromatic carbocycles. The first kappa shape index (κ1) is 13.3. The lowest BCUT2D eigenvalue weighted by molar-refractivity contribution is 0.572. The number of hydrogen-bond acceptors (Lipinski definition) is 2. The van der Waals surface area contributed by atoms with E-state index in [-0.39, 0.29) is 0 Å². The van der Waals surface area contributed by atoms with E-state index in [0.29, 0.717) is 0 Å². The molecule has 0 unspecified atom stereocenters. The van der Waals surface area contributed by atoms with Gasteiger partial charge in [0.2, 0.25) is 0 Å². The molecule has 2 heterocycles. The maximum absolute atomic E-state index is 5.56. The molecular formula is C18H13BrN2O. The Morgan fingerprint density at radius 2 is 1.77 bits per heavy atom. The number of furan rings is 1. The molecule has 4 rings (SSSR count). The molecule has 4 heteroatoms. The number of rotatable bonds is 3. The van der Waals surface area contributed by atoms with Gasteiger partial charge in [0, 0.05) is 11.0 Å². The van der Waals surface area contributed by atoms with E-state index >= 15 is 0 Å². The number of aromatic nitrogens is 2. The molecule has 0 aliphatic carbocycles. The van der Waals surface area contributed by atoms with Crippen molar-refractivity contribution in [3.8, 4) is 11.6 Å². The Morgan fingerprint density at radius 1 is 0.955 bits per heavy atom. The van der Waals surface area contributed by atoms with Gasteiger partial charge in [-0.25, -0.2) is 4.98 Å². The molecule has 0 amide bonds. The lowest BCUT2D eigenvalue weighted by Gasteiger charge is -2.08. The summed E-state index contributed by atoms with van der Waals surface area (Å²) in [6.45, 7) is 0.754. The maximum Gasteiger partial charge on any atom is 0.177 e. The number of nitrogens with zero attached hydrogens (tertiary/aromatic N) is 2. The van der Waals surface area contributed by atoms with Gasteiger partial charge >= 0.3 is 0 Å². The van der Waals surface area contributed by atoms with Crippen molar-refractivity contribution in [1.29, 1.82) is 0 Å². The van der Waals surface area contributed by atoms with Gasteiger partial charge in [0.1, 0.15) is 0 Å². The minimum atomic E-state index is 0.754. The molecule has 0 bridgehead atoms. The standard InChI is InChI=1S/C18H13BrN2O/c19-14-9-7-13(8-10-14)12-21-16-5-2-1-4-15(16)20-18(21)17-6-3-11-22-17/h1-11H,12H2. The Bertz CT molecular complexity index is 908. The van der Waals surface area contributed by atoms with E-state index in [4.69, 9.17) is 9.40 Å².